The summed E-state index contributed by atoms with van der Waals surface area (Å²) in [5.41, 5.74) is 3.17. The largest absolute Gasteiger partial charge is 0.325 e. The Bertz CT molecular complexity index is 937. The summed E-state index contributed by atoms with van der Waals surface area (Å²) in [4.78, 5) is 12.6. The van der Waals surface area contributed by atoms with E-state index in [1.165, 1.54) is 36.6 Å². The number of rotatable bonds is 7. The summed E-state index contributed by atoms with van der Waals surface area (Å²) in [6, 6.07) is 18.6. The van der Waals surface area contributed by atoms with Crippen LogP contribution in [0.1, 0.15) is 49.3 Å². The van der Waals surface area contributed by atoms with Gasteiger partial charge in [0.05, 0.1) is 11.8 Å². The molecule has 1 heterocycles. The minimum atomic E-state index is -0.0475. The molecule has 1 N–H and O–H groups in total. The molecule has 0 atom stereocenters. The van der Waals surface area contributed by atoms with Crippen LogP contribution in [0.3, 0.4) is 0 Å². The Morgan fingerprint density at radius 1 is 1.03 bits per heavy atom. The molecular formula is C22H25N5OS. The molecule has 0 unspecified atom stereocenters. The van der Waals surface area contributed by atoms with Crippen LogP contribution in [0, 0.1) is 0 Å². The zero-order valence-corrected chi connectivity index (χ0v) is 17.1. The molecule has 29 heavy (non-hydrogen) atoms. The maximum Gasteiger partial charge on any atom is 0.234 e. The molecule has 0 spiro atoms. The molecule has 1 fully saturated rings. The Morgan fingerprint density at radius 3 is 2.62 bits per heavy atom. The molecule has 0 saturated heterocycles. The van der Waals surface area contributed by atoms with Gasteiger partial charge >= 0.3 is 0 Å². The zero-order valence-electron chi connectivity index (χ0n) is 16.3. The number of hydrogen-bond donors (Lipinski definition) is 1. The normalized spacial score (nSPS) is 14.6. The standard InChI is InChI=1S/C22H25N5OS/c28-21(16-29-22-24-25-26-27(22)19-12-5-2-6-13-19)23-20-14-8-7-11-18(20)15-17-9-3-1-4-10-17/h1,3-4,7-11,14,19H,2,5-6,12-13,15-16H2,(H,23,28). The highest BCUT2D eigenvalue weighted by molar-refractivity contribution is 7.99. The molecule has 1 aliphatic rings. The number of para-hydroxylation sites is 1. The minimum Gasteiger partial charge on any atom is -0.325 e. The predicted molar refractivity (Wildman–Crippen MR) is 115 cm³/mol. The van der Waals surface area contributed by atoms with Crippen LogP contribution in [-0.2, 0) is 11.2 Å². The van der Waals surface area contributed by atoms with E-state index in [0.29, 0.717) is 6.04 Å². The lowest BCUT2D eigenvalue weighted by Crippen LogP contribution is -2.18. The van der Waals surface area contributed by atoms with Gasteiger partial charge in [0.1, 0.15) is 0 Å². The van der Waals surface area contributed by atoms with Crippen molar-refractivity contribution in [1.82, 2.24) is 20.2 Å². The van der Waals surface area contributed by atoms with Crippen LogP contribution in [0.5, 0.6) is 0 Å². The van der Waals surface area contributed by atoms with E-state index in [9.17, 15) is 4.79 Å². The van der Waals surface area contributed by atoms with E-state index >= 15 is 0 Å². The highest BCUT2D eigenvalue weighted by Crippen LogP contribution is 2.30. The Hall–Kier alpha value is -2.67. The fourth-order valence-electron chi connectivity index (χ4n) is 3.76. The first-order chi connectivity index (χ1) is 14.3. The van der Waals surface area contributed by atoms with Gasteiger partial charge in [0.2, 0.25) is 11.1 Å². The fourth-order valence-corrected chi connectivity index (χ4v) is 4.51. The molecule has 1 aromatic heterocycles. The first kappa shape index (κ1) is 19.6. The fraction of sp³-hybridized carbons (Fsp3) is 0.364. The number of nitrogens with zero attached hydrogens (tertiary/aromatic N) is 4. The SMILES string of the molecule is O=C(CSc1nnnn1C1CCCCC1)Nc1ccccc1Cc1ccccc1. The minimum absolute atomic E-state index is 0.0475. The third-order valence-electron chi connectivity index (χ3n) is 5.24. The van der Waals surface area contributed by atoms with Crippen molar-refractivity contribution in [3.05, 3.63) is 65.7 Å². The molecule has 2 aromatic carbocycles. The van der Waals surface area contributed by atoms with Gasteiger partial charge < -0.3 is 5.32 Å². The van der Waals surface area contributed by atoms with E-state index in [0.717, 1.165) is 35.7 Å². The van der Waals surface area contributed by atoms with Crippen LogP contribution in [0.2, 0.25) is 0 Å². The summed E-state index contributed by atoms with van der Waals surface area (Å²) in [7, 11) is 0. The Balaban J connectivity index is 1.37. The second-order valence-electron chi connectivity index (χ2n) is 7.35. The number of carbonyl (C=O) groups excluding carboxylic acids is 1. The highest BCUT2D eigenvalue weighted by Gasteiger charge is 2.21. The first-order valence-electron chi connectivity index (χ1n) is 10.1. The van der Waals surface area contributed by atoms with Crippen LogP contribution in [0.4, 0.5) is 5.69 Å². The lowest BCUT2D eigenvalue weighted by atomic mass is 9.96. The summed E-state index contributed by atoms with van der Waals surface area (Å²) < 4.78 is 1.90. The number of carbonyl (C=O) groups is 1. The molecule has 7 heteroatoms. The van der Waals surface area contributed by atoms with E-state index in [2.05, 4.69) is 39.0 Å². The van der Waals surface area contributed by atoms with Gasteiger partial charge in [-0.15, -0.1) is 5.10 Å². The number of amides is 1. The van der Waals surface area contributed by atoms with Crippen molar-refractivity contribution in [2.45, 2.75) is 49.7 Å². The van der Waals surface area contributed by atoms with Crippen molar-refractivity contribution in [1.29, 1.82) is 0 Å². The second-order valence-corrected chi connectivity index (χ2v) is 8.30. The quantitative estimate of drug-likeness (QED) is 0.584. The van der Waals surface area contributed by atoms with E-state index in [1.54, 1.807) is 0 Å². The van der Waals surface area contributed by atoms with Gasteiger partial charge in [0.25, 0.3) is 0 Å². The molecule has 6 nitrogen and oxygen atoms in total. The summed E-state index contributed by atoms with van der Waals surface area (Å²) in [5, 5.41) is 15.9. The number of aromatic nitrogens is 4. The lowest BCUT2D eigenvalue weighted by Gasteiger charge is -2.21. The van der Waals surface area contributed by atoms with Gasteiger partial charge in [-0.3, -0.25) is 4.79 Å². The number of anilines is 1. The maximum absolute atomic E-state index is 12.6. The van der Waals surface area contributed by atoms with Crippen LogP contribution < -0.4 is 5.32 Å². The maximum atomic E-state index is 12.6. The Kier molecular flexibility index (Phi) is 6.56. The van der Waals surface area contributed by atoms with Gasteiger partial charge in [0.15, 0.2) is 0 Å². The van der Waals surface area contributed by atoms with Crippen LogP contribution in [-0.4, -0.2) is 31.9 Å². The van der Waals surface area contributed by atoms with Gasteiger partial charge in [-0.1, -0.05) is 79.6 Å². The molecule has 1 aliphatic carbocycles. The third kappa shape index (κ3) is 5.23. The van der Waals surface area contributed by atoms with Crippen molar-refractivity contribution in [3.63, 3.8) is 0 Å². The molecule has 1 amide bonds. The van der Waals surface area contributed by atoms with Gasteiger partial charge in [-0.25, -0.2) is 4.68 Å². The molecule has 1 saturated carbocycles. The Morgan fingerprint density at radius 2 is 1.79 bits per heavy atom. The Labute approximate surface area is 175 Å². The molecular weight excluding hydrogens is 382 g/mol. The second kappa shape index (κ2) is 9.69. The van der Waals surface area contributed by atoms with E-state index in [-0.39, 0.29) is 11.7 Å². The molecule has 4 rings (SSSR count). The van der Waals surface area contributed by atoms with Gasteiger partial charge in [-0.2, -0.15) is 0 Å². The summed E-state index contributed by atoms with van der Waals surface area (Å²) in [5.74, 6) is 0.237. The molecule has 0 radical (unpaired) electrons. The predicted octanol–water partition coefficient (Wildman–Crippen LogP) is 4.50. The van der Waals surface area contributed by atoms with E-state index in [4.69, 9.17) is 0 Å². The van der Waals surface area contributed by atoms with Gasteiger partial charge in [-0.05, 0) is 46.9 Å². The first-order valence-corrected chi connectivity index (χ1v) is 11.1. The average molecular weight is 408 g/mol. The molecule has 150 valence electrons. The highest BCUT2D eigenvalue weighted by atomic mass is 32.2. The summed E-state index contributed by atoms with van der Waals surface area (Å²) in [6.45, 7) is 0. The van der Waals surface area contributed by atoms with Crippen molar-refractivity contribution >= 4 is 23.4 Å². The smallest absolute Gasteiger partial charge is 0.234 e. The lowest BCUT2D eigenvalue weighted by molar-refractivity contribution is -0.113. The summed E-state index contributed by atoms with van der Waals surface area (Å²) >= 11 is 1.40. The summed E-state index contributed by atoms with van der Waals surface area (Å²) in [6.07, 6.45) is 6.71. The average Bonchev–Trinajstić information content (AvgIpc) is 3.24. The number of benzene rings is 2. The number of nitrogens with one attached hydrogen (secondary N) is 1. The van der Waals surface area contributed by atoms with Crippen LogP contribution >= 0.6 is 11.8 Å². The zero-order chi connectivity index (χ0) is 19.9. The monoisotopic (exact) mass is 407 g/mol. The van der Waals surface area contributed by atoms with Crippen molar-refractivity contribution in [2.75, 3.05) is 11.1 Å². The van der Waals surface area contributed by atoms with Crippen molar-refractivity contribution in [2.24, 2.45) is 0 Å². The number of thioether (sulfide) groups is 1. The van der Waals surface area contributed by atoms with Gasteiger partial charge in [0, 0.05) is 5.69 Å². The number of hydrogen-bond acceptors (Lipinski definition) is 5. The van der Waals surface area contributed by atoms with E-state index < -0.39 is 0 Å². The van der Waals surface area contributed by atoms with Crippen molar-refractivity contribution < 1.29 is 4.79 Å². The van der Waals surface area contributed by atoms with Crippen LogP contribution in [0.15, 0.2) is 59.8 Å². The molecule has 3 aromatic rings. The number of tetrazole rings is 1. The molecule has 0 bridgehead atoms. The van der Waals surface area contributed by atoms with E-state index in [1.807, 2.05) is 41.1 Å². The topological polar surface area (TPSA) is 72.7 Å². The third-order valence-corrected chi connectivity index (χ3v) is 6.18. The van der Waals surface area contributed by atoms with Crippen molar-refractivity contribution in [3.8, 4) is 0 Å². The van der Waals surface area contributed by atoms with Crippen LogP contribution in [0.25, 0.3) is 0 Å². The molecule has 0 aliphatic heterocycles.